The third-order valence-electron chi connectivity index (χ3n) is 3.23. The van der Waals surface area contributed by atoms with E-state index in [1.54, 1.807) is 7.11 Å². The van der Waals surface area contributed by atoms with Gasteiger partial charge in [-0.1, -0.05) is 42.5 Å². The van der Waals surface area contributed by atoms with E-state index in [4.69, 9.17) is 9.47 Å². The zero-order valence-corrected chi connectivity index (χ0v) is 11.5. The first-order valence-corrected chi connectivity index (χ1v) is 6.53. The van der Waals surface area contributed by atoms with Gasteiger partial charge in [0.05, 0.1) is 0 Å². The van der Waals surface area contributed by atoms with Crippen molar-refractivity contribution in [3.63, 3.8) is 0 Å². The summed E-state index contributed by atoms with van der Waals surface area (Å²) >= 11 is 0. The van der Waals surface area contributed by atoms with E-state index in [1.165, 1.54) is 5.56 Å². The number of methoxy groups -OCH3 is 1. The molecule has 1 aromatic carbocycles. The molecule has 0 fully saturated rings. The zero-order valence-electron chi connectivity index (χ0n) is 11.5. The van der Waals surface area contributed by atoms with Crippen molar-refractivity contribution in [3.05, 3.63) is 72.0 Å². The first kappa shape index (κ1) is 13.6. The van der Waals surface area contributed by atoms with Gasteiger partial charge in [-0.3, -0.25) is 0 Å². The quantitative estimate of drug-likeness (QED) is 0.741. The fourth-order valence-corrected chi connectivity index (χ4v) is 2.09. The zero-order chi connectivity index (χ0) is 13.6. The molecule has 2 nitrogen and oxygen atoms in total. The van der Waals surface area contributed by atoms with E-state index in [2.05, 4.69) is 24.3 Å². The summed E-state index contributed by atoms with van der Waals surface area (Å²) in [5, 5.41) is 0. The second-order valence-electron chi connectivity index (χ2n) is 4.58. The van der Waals surface area contributed by atoms with E-state index in [-0.39, 0.29) is 5.60 Å². The highest BCUT2D eigenvalue weighted by atomic mass is 16.5. The Balaban J connectivity index is 1.93. The molecule has 1 aliphatic carbocycles. The molecule has 2 rings (SSSR count). The Labute approximate surface area is 115 Å². The first-order valence-electron chi connectivity index (χ1n) is 6.53. The number of ether oxygens (including phenoxy) is 2. The molecule has 0 amide bonds. The van der Waals surface area contributed by atoms with Gasteiger partial charge in [0.1, 0.15) is 18.0 Å². The van der Waals surface area contributed by atoms with E-state index in [0.717, 1.165) is 12.2 Å². The molecule has 0 radical (unpaired) electrons. The lowest BCUT2D eigenvalue weighted by Gasteiger charge is -2.27. The molecule has 2 heteroatoms. The standard InChI is InChI=1S/C17H20O2/c1-3-11-17(18-2)12-9-16(10-13-17)19-14-15-7-5-4-6-8-15/h3-12H,13-14H2,1-2H3. The molecule has 1 aliphatic rings. The highest BCUT2D eigenvalue weighted by Crippen LogP contribution is 2.26. The molecule has 1 unspecified atom stereocenters. The summed E-state index contributed by atoms with van der Waals surface area (Å²) in [5.74, 6) is 0.904. The van der Waals surface area contributed by atoms with Crippen LogP contribution in [0.15, 0.2) is 66.5 Å². The van der Waals surface area contributed by atoms with Crippen molar-refractivity contribution in [1.29, 1.82) is 0 Å². The average Bonchev–Trinajstić information content (AvgIpc) is 2.48. The van der Waals surface area contributed by atoms with Crippen LogP contribution in [-0.4, -0.2) is 12.7 Å². The molecule has 0 N–H and O–H groups in total. The topological polar surface area (TPSA) is 18.5 Å². The maximum Gasteiger partial charge on any atom is 0.115 e. The molecule has 0 spiro atoms. The Hall–Kier alpha value is -1.80. The summed E-state index contributed by atoms with van der Waals surface area (Å²) in [6.07, 6.45) is 11.0. The van der Waals surface area contributed by atoms with Crippen LogP contribution >= 0.6 is 0 Å². The predicted molar refractivity (Wildman–Crippen MR) is 77.6 cm³/mol. The predicted octanol–water partition coefficient (Wildman–Crippen LogP) is 4.01. The molecule has 0 bridgehead atoms. The Morgan fingerprint density at radius 2 is 2.05 bits per heavy atom. The van der Waals surface area contributed by atoms with Crippen LogP contribution in [0.2, 0.25) is 0 Å². The maximum absolute atomic E-state index is 5.78. The maximum atomic E-state index is 5.78. The Bertz CT molecular complexity index is 485. The van der Waals surface area contributed by atoms with E-state index < -0.39 is 0 Å². The summed E-state index contributed by atoms with van der Waals surface area (Å²) in [7, 11) is 1.73. The smallest absolute Gasteiger partial charge is 0.115 e. The highest BCUT2D eigenvalue weighted by molar-refractivity contribution is 5.29. The van der Waals surface area contributed by atoms with Gasteiger partial charge in [-0.15, -0.1) is 0 Å². The van der Waals surface area contributed by atoms with Crippen LogP contribution in [0.1, 0.15) is 18.9 Å². The molecule has 100 valence electrons. The van der Waals surface area contributed by atoms with Crippen LogP contribution in [-0.2, 0) is 16.1 Å². The van der Waals surface area contributed by atoms with Gasteiger partial charge in [-0.25, -0.2) is 0 Å². The third-order valence-corrected chi connectivity index (χ3v) is 3.23. The molecule has 1 aromatic rings. The lowest BCUT2D eigenvalue weighted by atomic mass is 9.94. The Kier molecular flexibility index (Phi) is 4.58. The van der Waals surface area contributed by atoms with Crippen LogP contribution < -0.4 is 0 Å². The van der Waals surface area contributed by atoms with Gasteiger partial charge in [0.25, 0.3) is 0 Å². The normalized spacial score (nSPS) is 22.5. The van der Waals surface area contributed by atoms with Gasteiger partial charge in [0.15, 0.2) is 0 Å². The summed E-state index contributed by atoms with van der Waals surface area (Å²) in [4.78, 5) is 0. The fourth-order valence-electron chi connectivity index (χ4n) is 2.09. The average molecular weight is 256 g/mol. The molecule has 0 aliphatic heterocycles. The number of rotatable bonds is 5. The molecule has 1 atom stereocenters. The first-order chi connectivity index (χ1) is 9.28. The molecular formula is C17H20O2. The van der Waals surface area contributed by atoms with Crippen LogP contribution in [0.5, 0.6) is 0 Å². The van der Waals surface area contributed by atoms with Gasteiger partial charge < -0.3 is 9.47 Å². The van der Waals surface area contributed by atoms with Crippen molar-refractivity contribution in [2.45, 2.75) is 25.6 Å². The largest absolute Gasteiger partial charge is 0.489 e. The van der Waals surface area contributed by atoms with Crippen LogP contribution in [0.25, 0.3) is 0 Å². The third kappa shape index (κ3) is 3.58. The minimum atomic E-state index is -0.311. The van der Waals surface area contributed by atoms with Crippen molar-refractivity contribution in [3.8, 4) is 0 Å². The van der Waals surface area contributed by atoms with Crippen molar-refractivity contribution < 1.29 is 9.47 Å². The van der Waals surface area contributed by atoms with Gasteiger partial charge in [0.2, 0.25) is 0 Å². The van der Waals surface area contributed by atoms with E-state index in [1.807, 2.05) is 43.4 Å². The Morgan fingerprint density at radius 1 is 1.26 bits per heavy atom. The SMILES string of the molecule is CC=CC1(OC)C=CC(OCc2ccccc2)=CC1. The minimum absolute atomic E-state index is 0.311. The Morgan fingerprint density at radius 3 is 2.63 bits per heavy atom. The van der Waals surface area contributed by atoms with Gasteiger partial charge >= 0.3 is 0 Å². The molecule has 0 saturated carbocycles. The van der Waals surface area contributed by atoms with E-state index >= 15 is 0 Å². The van der Waals surface area contributed by atoms with Gasteiger partial charge in [-0.2, -0.15) is 0 Å². The number of hydrogen-bond acceptors (Lipinski definition) is 2. The molecule has 0 saturated heterocycles. The fraction of sp³-hybridized carbons (Fsp3) is 0.294. The number of hydrogen-bond donors (Lipinski definition) is 0. The number of allylic oxidation sites excluding steroid dienone is 2. The van der Waals surface area contributed by atoms with Crippen LogP contribution in [0, 0.1) is 0 Å². The van der Waals surface area contributed by atoms with Crippen LogP contribution in [0.3, 0.4) is 0 Å². The molecule has 0 heterocycles. The molecular weight excluding hydrogens is 236 g/mol. The monoisotopic (exact) mass is 256 g/mol. The minimum Gasteiger partial charge on any atom is -0.489 e. The van der Waals surface area contributed by atoms with Crippen molar-refractivity contribution in [2.75, 3.05) is 7.11 Å². The lowest BCUT2D eigenvalue weighted by Crippen LogP contribution is -2.27. The molecule has 19 heavy (non-hydrogen) atoms. The number of benzene rings is 1. The molecule has 0 aromatic heterocycles. The second kappa shape index (κ2) is 6.39. The second-order valence-corrected chi connectivity index (χ2v) is 4.58. The summed E-state index contributed by atoms with van der Waals surface area (Å²) in [5.41, 5.74) is 0.864. The van der Waals surface area contributed by atoms with E-state index in [9.17, 15) is 0 Å². The van der Waals surface area contributed by atoms with Crippen molar-refractivity contribution in [2.24, 2.45) is 0 Å². The summed E-state index contributed by atoms with van der Waals surface area (Å²) in [6, 6.07) is 10.2. The van der Waals surface area contributed by atoms with Gasteiger partial charge in [0, 0.05) is 13.5 Å². The summed E-state index contributed by atoms with van der Waals surface area (Å²) < 4.78 is 11.3. The van der Waals surface area contributed by atoms with Crippen molar-refractivity contribution >= 4 is 0 Å². The highest BCUT2D eigenvalue weighted by Gasteiger charge is 2.24. The van der Waals surface area contributed by atoms with E-state index in [0.29, 0.717) is 6.61 Å². The van der Waals surface area contributed by atoms with Crippen molar-refractivity contribution in [1.82, 2.24) is 0 Å². The van der Waals surface area contributed by atoms with Crippen LogP contribution in [0.4, 0.5) is 0 Å². The lowest BCUT2D eigenvalue weighted by molar-refractivity contribution is 0.0724. The van der Waals surface area contributed by atoms with Gasteiger partial charge in [-0.05, 0) is 30.7 Å². The summed E-state index contributed by atoms with van der Waals surface area (Å²) in [6.45, 7) is 2.60.